The molecule has 0 bridgehead atoms. The molecule has 0 aliphatic carbocycles. The van der Waals surface area contributed by atoms with Crippen molar-refractivity contribution in [2.75, 3.05) is 0 Å². The van der Waals surface area contributed by atoms with Crippen LogP contribution in [0.3, 0.4) is 0 Å². The summed E-state index contributed by atoms with van der Waals surface area (Å²) >= 11 is 0. The normalized spacial score (nSPS) is 23.4. The van der Waals surface area contributed by atoms with Gasteiger partial charge in [-0.3, -0.25) is 4.99 Å². The number of hydrogen-bond donors (Lipinski definition) is 0. The Bertz CT molecular complexity index is 233. The van der Waals surface area contributed by atoms with Crippen molar-refractivity contribution in [3.8, 4) is 0 Å². The molecule has 1 aliphatic heterocycles. The molecule has 0 saturated heterocycles. The maximum absolute atomic E-state index is 4.59. The molecular weight excluding hydrogens is 146 g/mol. The van der Waals surface area contributed by atoms with E-state index in [4.69, 9.17) is 0 Å². The van der Waals surface area contributed by atoms with Crippen LogP contribution in [0.5, 0.6) is 0 Å². The minimum atomic E-state index is 0.193. The van der Waals surface area contributed by atoms with Crippen LogP contribution in [0, 0.1) is 11.3 Å². The molecule has 0 fully saturated rings. The Labute approximate surface area is 75.6 Å². The minimum Gasteiger partial charge on any atom is -0.262 e. The molecule has 0 amide bonds. The van der Waals surface area contributed by atoms with Crippen molar-refractivity contribution < 1.29 is 0 Å². The molecule has 0 radical (unpaired) electrons. The van der Waals surface area contributed by atoms with Crippen molar-refractivity contribution in [3.05, 3.63) is 11.8 Å². The molecule has 68 valence electrons. The number of aliphatic imine (C=N–C) groups is 1. The van der Waals surface area contributed by atoms with Gasteiger partial charge in [0.05, 0.1) is 0 Å². The Hall–Kier alpha value is -0.590. The fourth-order valence-electron chi connectivity index (χ4n) is 1.31. The molecule has 1 atom stereocenters. The zero-order chi connectivity index (χ0) is 9.35. The second kappa shape index (κ2) is 3.04. The lowest BCUT2D eigenvalue weighted by Gasteiger charge is -2.14. The van der Waals surface area contributed by atoms with Crippen LogP contribution in [0.4, 0.5) is 0 Å². The summed E-state index contributed by atoms with van der Waals surface area (Å²) in [5.41, 5.74) is 2.72. The Balaban J connectivity index is 2.85. The van der Waals surface area contributed by atoms with Gasteiger partial charge in [0.2, 0.25) is 0 Å². The lowest BCUT2D eigenvalue weighted by atomic mass is 9.88. The lowest BCUT2D eigenvalue weighted by molar-refractivity contribution is 0.633. The number of allylic oxidation sites excluding steroid dienone is 2. The molecule has 1 heteroatoms. The van der Waals surface area contributed by atoms with Crippen molar-refractivity contribution in [3.63, 3.8) is 0 Å². The van der Waals surface area contributed by atoms with E-state index >= 15 is 0 Å². The first-order chi connectivity index (χ1) is 5.47. The first-order valence-corrected chi connectivity index (χ1v) is 4.76. The second-order valence-corrected chi connectivity index (χ2v) is 4.30. The van der Waals surface area contributed by atoms with Crippen LogP contribution < -0.4 is 0 Å². The van der Waals surface area contributed by atoms with Crippen LogP contribution in [0.15, 0.2) is 16.8 Å². The van der Waals surface area contributed by atoms with E-state index in [1.165, 1.54) is 17.8 Å². The molecule has 1 heterocycles. The monoisotopic (exact) mass is 165 g/mol. The first kappa shape index (κ1) is 9.50. The summed E-state index contributed by atoms with van der Waals surface area (Å²) in [6, 6.07) is 0. The van der Waals surface area contributed by atoms with Crippen molar-refractivity contribution in [2.45, 2.75) is 41.0 Å². The highest BCUT2D eigenvalue weighted by Crippen LogP contribution is 2.32. The van der Waals surface area contributed by atoms with E-state index in [2.05, 4.69) is 45.7 Å². The van der Waals surface area contributed by atoms with E-state index in [0.29, 0.717) is 5.92 Å². The average molecular weight is 165 g/mol. The van der Waals surface area contributed by atoms with Crippen molar-refractivity contribution in [1.29, 1.82) is 0 Å². The van der Waals surface area contributed by atoms with Crippen LogP contribution in [0.2, 0.25) is 0 Å². The van der Waals surface area contributed by atoms with Gasteiger partial charge in [0.15, 0.2) is 0 Å². The maximum Gasteiger partial charge on any atom is 0.0400 e. The fourth-order valence-corrected chi connectivity index (χ4v) is 1.31. The van der Waals surface area contributed by atoms with Crippen LogP contribution in [-0.2, 0) is 0 Å². The second-order valence-electron chi connectivity index (χ2n) is 4.30. The zero-order valence-corrected chi connectivity index (χ0v) is 8.81. The molecule has 1 aliphatic rings. The van der Waals surface area contributed by atoms with Crippen LogP contribution in [0.25, 0.3) is 0 Å². The van der Waals surface area contributed by atoms with Gasteiger partial charge in [0, 0.05) is 16.8 Å². The molecule has 12 heavy (non-hydrogen) atoms. The Morgan fingerprint density at radius 1 is 1.50 bits per heavy atom. The number of rotatable bonds is 2. The summed E-state index contributed by atoms with van der Waals surface area (Å²) in [6.45, 7) is 11.0. The molecule has 0 spiro atoms. The largest absolute Gasteiger partial charge is 0.262 e. The Morgan fingerprint density at radius 3 is 2.42 bits per heavy atom. The predicted octanol–water partition coefficient (Wildman–Crippen LogP) is 3.42. The topological polar surface area (TPSA) is 12.4 Å². The van der Waals surface area contributed by atoms with Gasteiger partial charge in [0.25, 0.3) is 0 Å². The van der Waals surface area contributed by atoms with Gasteiger partial charge in [-0.25, -0.2) is 0 Å². The van der Waals surface area contributed by atoms with Gasteiger partial charge in [-0.15, -0.1) is 0 Å². The summed E-state index contributed by atoms with van der Waals surface area (Å²) < 4.78 is 0. The molecule has 0 aromatic heterocycles. The first-order valence-electron chi connectivity index (χ1n) is 4.76. The smallest absolute Gasteiger partial charge is 0.0400 e. The third-order valence-corrected chi connectivity index (χ3v) is 2.86. The van der Waals surface area contributed by atoms with E-state index in [0.717, 1.165) is 0 Å². The summed E-state index contributed by atoms with van der Waals surface area (Å²) in [7, 11) is 0. The molecule has 0 saturated carbocycles. The SMILES string of the molecule is CCC(C)C1=CC(C)(C)C(C)=N1. The van der Waals surface area contributed by atoms with E-state index in [1.807, 2.05) is 0 Å². The minimum absolute atomic E-state index is 0.193. The van der Waals surface area contributed by atoms with E-state index in [1.54, 1.807) is 0 Å². The molecule has 0 N–H and O–H groups in total. The maximum atomic E-state index is 4.59. The fraction of sp³-hybridized carbons (Fsp3) is 0.727. The van der Waals surface area contributed by atoms with Crippen molar-refractivity contribution >= 4 is 5.71 Å². The highest BCUT2D eigenvalue weighted by atomic mass is 14.8. The van der Waals surface area contributed by atoms with Gasteiger partial charge in [-0.1, -0.05) is 33.8 Å². The van der Waals surface area contributed by atoms with Crippen molar-refractivity contribution in [1.82, 2.24) is 0 Å². The van der Waals surface area contributed by atoms with E-state index < -0.39 is 0 Å². The molecule has 0 aromatic rings. The van der Waals surface area contributed by atoms with Crippen LogP contribution in [-0.4, -0.2) is 5.71 Å². The highest BCUT2D eigenvalue weighted by Gasteiger charge is 2.26. The van der Waals surface area contributed by atoms with Crippen LogP contribution >= 0.6 is 0 Å². The Morgan fingerprint density at radius 2 is 2.08 bits per heavy atom. The predicted molar refractivity (Wildman–Crippen MR) is 54.4 cm³/mol. The van der Waals surface area contributed by atoms with E-state index in [9.17, 15) is 0 Å². The summed E-state index contributed by atoms with van der Waals surface area (Å²) in [5, 5.41) is 0. The summed E-state index contributed by atoms with van der Waals surface area (Å²) in [6.07, 6.45) is 3.48. The molecule has 1 rings (SSSR count). The molecule has 1 nitrogen and oxygen atoms in total. The quantitative estimate of drug-likeness (QED) is 0.594. The third-order valence-electron chi connectivity index (χ3n) is 2.86. The molecule has 0 aromatic carbocycles. The van der Waals surface area contributed by atoms with Gasteiger partial charge < -0.3 is 0 Å². The van der Waals surface area contributed by atoms with Crippen LogP contribution in [0.1, 0.15) is 41.0 Å². The third kappa shape index (κ3) is 1.60. The average Bonchev–Trinajstić information content (AvgIpc) is 2.25. The van der Waals surface area contributed by atoms with Gasteiger partial charge in [-0.2, -0.15) is 0 Å². The standard InChI is InChI=1S/C11H19N/c1-6-8(2)10-7-11(4,5)9(3)12-10/h7-8H,6H2,1-5H3. The number of nitrogens with zero attached hydrogens (tertiary/aromatic N) is 1. The van der Waals surface area contributed by atoms with Gasteiger partial charge in [0.1, 0.15) is 0 Å². The van der Waals surface area contributed by atoms with E-state index in [-0.39, 0.29) is 5.41 Å². The molecule has 1 unspecified atom stereocenters. The summed E-state index contributed by atoms with van der Waals surface area (Å²) in [4.78, 5) is 4.59. The van der Waals surface area contributed by atoms with Gasteiger partial charge in [-0.05, 0) is 19.3 Å². The van der Waals surface area contributed by atoms with Gasteiger partial charge >= 0.3 is 0 Å². The Kier molecular flexibility index (Phi) is 2.41. The number of hydrogen-bond acceptors (Lipinski definition) is 1. The summed E-state index contributed by atoms with van der Waals surface area (Å²) in [5.74, 6) is 0.613. The lowest BCUT2D eigenvalue weighted by Crippen LogP contribution is -2.14. The zero-order valence-electron chi connectivity index (χ0n) is 8.81. The highest BCUT2D eigenvalue weighted by molar-refractivity contribution is 5.92. The molecular formula is C11H19N. The van der Waals surface area contributed by atoms with Crippen molar-refractivity contribution in [2.24, 2.45) is 16.3 Å².